The number of nitrogens with two attached hydrogens (primary N) is 1. The fourth-order valence-electron chi connectivity index (χ4n) is 3.27. The van der Waals surface area contributed by atoms with Crippen LogP contribution in [0, 0.1) is 5.21 Å². The van der Waals surface area contributed by atoms with Gasteiger partial charge in [-0.3, -0.25) is 19.6 Å². The van der Waals surface area contributed by atoms with Crippen LogP contribution < -0.4 is 32.3 Å². The molecule has 1 aliphatic rings. The van der Waals surface area contributed by atoms with Gasteiger partial charge in [0.25, 0.3) is 5.56 Å². The normalized spacial score (nSPS) is 16.5. The second-order valence-electron chi connectivity index (χ2n) is 7.37. The van der Waals surface area contributed by atoms with Gasteiger partial charge in [-0.2, -0.15) is 4.98 Å². The van der Waals surface area contributed by atoms with E-state index in [1.807, 2.05) is 0 Å². The molecule has 14 nitrogen and oxygen atoms in total. The molecule has 1 aromatic heterocycles. The van der Waals surface area contributed by atoms with Gasteiger partial charge in [-0.15, -0.1) is 0 Å². The molecule has 0 fully saturated rings. The molecule has 14 heteroatoms. The number of fused-ring (bicyclic) bond motifs is 1. The first kappa shape index (κ1) is 23.5. The second-order valence-corrected chi connectivity index (χ2v) is 7.37. The first-order valence-electron chi connectivity index (χ1n) is 9.93. The number of benzene rings is 1. The van der Waals surface area contributed by atoms with Crippen LogP contribution >= 0.6 is 0 Å². The third-order valence-electron chi connectivity index (χ3n) is 4.99. The summed E-state index contributed by atoms with van der Waals surface area (Å²) in [5, 5.41) is 38.2. The maximum absolute atomic E-state index is 12.4. The SMILES string of the molecule is Nc1nc2c(c(=O)[nH]1)N[C@H](CNc1ccc(C(=O)[NH+]([O-])[C@@H](CCC(=O)O)C(=O)O)cc1)CN2. The molecule has 1 aromatic carbocycles. The standard InChI is InChI=1S/C19H23N7O7/c20-19-24-15-14(16(29)25-19)23-11(8-22-15)7-21-10-3-1-9(2-4-10)17(30)26(33)12(18(31)32)5-6-13(27)28/h1-4,11-12,21,23,26H,5-8H2,(H,27,28)(H,31,32)(H4,20,22,24,25,29)/t11-,12+/m1/s1. The summed E-state index contributed by atoms with van der Waals surface area (Å²) < 4.78 is 0. The molecule has 176 valence electrons. The molecule has 33 heavy (non-hydrogen) atoms. The number of quaternary nitrogens is 1. The second kappa shape index (κ2) is 9.97. The minimum absolute atomic E-state index is 0.00583. The van der Waals surface area contributed by atoms with Crippen molar-refractivity contribution in [3.05, 3.63) is 45.4 Å². The molecule has 3 rings (SSSR count). The van der Waals surface area contributed by atoms with Crippen molar-refractivity contribution in [1.29, 1.82) is 0 Å². The number of hydrogen-bond donors (Lipinski definition) is 8. The highest BCUT2D eigenvalue weighted by Crippen LogP contribution is 2.20. The summed E-state index contributed by atoms with van der Waals surface area (Å²) in [6.45, 7) is 0.868. The van der Waals surface area contributed by atoms with E-state index >= 15 is 0 Å². The summed E-state index contributed by atoms with van der Waals surface area (Å²) in [6, 6.07) is 3.96. The van der Waals surface area contributed by atoms with Crippen LogP contribution in [0.15, 0.2) is 29.1 Å². The van der Waals surface area contributed by atoms with Gasteiger partial charge in [-0.05, 0) is 24.3 Å². The maximum Gasteiger partial charge on any atom is 0.363 e. The van der Waals surface area contributed by atoms with Gasteiger partial charge in [0.15, 0.2) is 11.9 Å². The minimum atomic E-state index is -1.72. The molecule has 0 radical (unpaired) electrons. The zero-order valence-corrected chi connectivity index (χ0v) is 17.3. The van der Waals surface area contributed by atoms with Gasteiger partial charge >= 0.3 is 17.8 Å². The molecule has 2 heterocycles. The van der Waals surface area contributed by atoms with Crippen molar-refractivity contribution in [3.8, 4) is 0 Å². The van der Waals surface area contributed by atoms with Crippen molar-refractivity contribution in [2.45, 2.75) is 24.9 Å². The van der Waals surface area contributed by atoms with E-state index in [0.717, 1.165) is 0 Å². The van der Waals surface area contributed by atoms with E-state index in [0.29, 0.717) is 24.6 Å². The van der Waals surface area contributed by atoms with E-state index in [9.17, 15) is 24.4 Å². The summed E-state index contributed by atoms with van der Waals surface area (Å²) >= 11 is 0. The van der Waals surface area contributed by atoms with Crippen molar-refractivity contribution >= 4 is 41.0 Å². The summed E-state index contributed by atoms with van der Waals surface area (Å²) in [6.07, 6.45) is -1.01. The number of carbonyl (C=O) groups excluding carboxylic acids is 1. The molecule has 1 amide bonds. The Kier molecular flexibility index (Phi) is 7.10. The molecule has 3 atom stereocenters. The van der Waals surface area contributed by atoms with E-state index in [-0.39, 0.29) is 23.2 Å². The lowest BCUT2D eigenvalue weighted by atomic mass is 10.1. The number of hydrogen-bond acceptors (Lipinski definition) is 10. The Bertz CT molecular complexity index is 1100. The minimum Gasteiger partial charge on any atom is -0.626 e. The number of carboxylic acid groups (broad SMARTS) is 2. The molecule has 2 aromatic rings. The number of amides is 1. The van der Waals surface area contributed by atoms with E-state index in [1.54, 1.807) is 12.1 Å². The summed E-state index contributed by atoms with van der Waals surface area (Å²) in [5.74, 6) is -3.43. The number of anilines is 4. The van der Waals surface area contributed by atoms with Crippen LogP contribution in [0.3, 0.4) is 0 Å². The van der Waals surface area contributed by atoms with Crippen LogP contribution in [0.1, 0.15) is 23.2 Å². The van der Waals surface area contributed by atoms with E-state index in [4.69, 9.17) is 15.9 Å². The Morgan fingerprint density at radius 2 is 1.97 bits per heavy atom. The Hall–Kier alpha value is -4.17. The number of hydroxylamine groups is 2. The monoisotopic (exact) mass is 461 g/mol. The highest BCUT2D eigenvalue weighted by atomic mass is 16.5. The number of aromatic nitrogens is 2. The predicted octanol–water partition coefficient (Wildman–Crippen LogP) is -1.49. The molecule has 0 bridgehead atoms. The fraction of sp³-hybridized carbons (Fsp3) is 0.316. The summed E-state index contributed by atoms with van der Waals surface area (Å²) in [5.41, 5.74) is 6.01. The van der Waals surface area contributed by atoms with Crippen LogP contribution in [0.25, 0.3) is 0 Å². The van der Waals surface area contributed by atoms with Gasteiger partial charge in [0.1, 0.15) is 5.69 Å². The van der Waals surface area contributed by atoms with Crippen LogP contribution in [-0.2, 0) is 9.59 Å². The van der Waals surface area contributed by atoms with Crippen LogP contribution in [0.2, 0.25) is 0 Å². The van der Waals surface area contributed by atoms with Crippen molar-refractivity contribution in [2.24, 2.45) is 0 Å². The van der Waals surface area contributed by atoms with E-state index in [1.165, 1.54) is 12.1 Å². The number of carbonyl (C=O) groups is 3. The average molecular weight is 461 g/mol. The van der Waals surface area contributed by atoms with Gasteiger partial charge in [0.2, 0.25) is 5.95 Å². The van der Waals surface area contributed by atoms with Crippen LogP contribution in [-0.4, -0.2) is 63.2 Å². The fourth-order valence-corrected chi connectivity index (χ4v) is 3.27. The number of aromatic amines is 1. The lowest BCUT2D eigenvalue weighted by Gasteiger charge is -2.27. The van der Waals surface area contributed by atoms with Gasteiger partial charge < -0.3 is 37.1 Å². The van der Waals surface area contributed by atoms with E-state index in [2.05, 4.69) is 25.9 Å². The van der Waals surface area contributed by atoms with Crippen molar-refractivity contribution < 1.29 is 29.7 Å². The smallest absolute Gasteiger partial charge is 0.363 e. The van der Waals surface area contributed by atoms with E-state index < -0.39 is 47.4 Å². The quantitative estimate of drug-likeness (QED) is 0.200. The molecule has 0 saturated carbocycles. The van der Waals surface area contributed by atoms with Gasteiger partial charge in [0.05, 0.1) is 18.0 Å². The number of nitrogen functional groups attached to an aromatic ring is 1. The lowest BCUT2D eigenvalue weighted by Crippen LogP contribution is -3.15. The van der Waals surface area contributed by atoms with Crippen molar-refractivity contribution in [1.82, 2.24) is 9.97 Å². The van der Waals surface area contributed by atoms with Crippen LogP contribution in [0.4, 0.5) is 23.1 Å². The summed E-state index contributed by atoms with van der Waals surface area (Å²) in [7, 11) is 0. The number of H-pyrrole nitrogens is 1. The zero-order valence-electron chi connectivity index (χ0n) is 17.3. The van der Waals surface area contributed by atoms with Crippen molar-refractivity contribution in [2.75, 3.05) is 34.8 Å². The average Bonchev–Trinajstić information content (AvgIpc) is 2.77. The first-order valence-corrected chi connectivity index (χ1v) is 9.93. The Morgan fingerprint density at radius 1 is 1.27 bits per heavy atom. The molecular weight excluding hydrogens is 438 g/mol. The highest BCUT2D eigenvalue weighted by Gasteiger charge is 2.30. The number of aliphatic carboxylic acids is 2. The van der Waals surface area contributed by atoms with Gasteiger partial charge in [-0.25, -0.2) is 9.59 Å². The van der Waals surface area contributed by atoms with Gasteiger partial charge in [0, 0.05) is 25.2 Å². The summed E-state index contributed by atoms with van der Waals surface area (Å²) in [4.78, 5) is 52.7. The largest absolute Gasteiger partial charge is 0.626 e. The van der Waals surface area contributed by atoms with Gasteiger partial charge in [-0.1, -0.05) is 0 Å². The molecule has 0 spiro atoms. The Balaban J connectivity index is 1.58. The zero-order chi connectivity index (χ0) is 24.1. The molecule has 1 aliphatic heterocycles. The highest BCUT2D eigenvalue weighted by molar-refractivity contribution is 5.89. The number of nitrogens with zero attached hydrogens (tertiary/aromatic N) is 1. The maximum atomic E-state index is 12.4. The Labute approximate surface area is 186 Å². The molecule has 9 N–H and O–H groups in total. The van der Waals surface area contributed by atoms with Crippen LogP contribution in [0.5, 0.6) is 0 Å². The topological polar surface area (TPSA) is 227 Å². The molecule has 1 unspecified atom stereocenters. The number of carboxylic acids is 2. The third-order valence-corrected chi connectivity index (χ3v) is 4.99. The number of rotatable bonds is 9. The first-order chi connectivity index (χ1) is 15.7. The Morgan fingerprint density at radius 3 is 2.61 bits per heavy atom. The molecular formula is C19H23N7O7. The van der Waals surface area contributed by atoms with Crippen molar-refractivity contribution in [3.63, 3.8) is 0 Å². The predicted molar refractivity (Wildman–Crippen MR) is 117 cm³/mol. The molecule has 0 aliphatic carbocycles. The lowest BCUT2D eigenvalue weighted by molar-refractivity contribution is -0.778. The number of nitrogens with one attached hydrogen (secondary N) is 5. The third kappa shape index (κ3) is 5.75. The molecule has 0 saturated heterocycles.